The van der Waals surface area contributed by atoms with Crippen molar-refractivity contribution in [3.8, 4) is 22.8 Å². The maximum atomic E-state index is 5.18. The highest BCUT2D eigenvalue weighted by atomic mass is 32.1. The number of hydrogen-bond acceptors (Lipinski definition) is 8. The monoisotopic (exact) mass is 404 g/mol. The van der Waals surface area contributed by atoms with Gasteiger partial charge in [-0.15, -0.1) is 20.4 Å². The van der Waals surface area contributed by atoms with Gasteiger partial charge in [-0.25, -0.2) is 4.68 Å². The van der Waals surface area contributed by atoms with E-state index in [-0.39, 0.29) is 0 Å². The molecule has 0 fully saturated rings. The second-order valence-electron chi connectivity index (χ2n) is 6.23. The van der Waals surface area contributed by atoms with Gasteiger partial charge in [0.1, 0.15) is 17.3 Å². The van der Waals surface area contributed by atoms with Crippen LogP contribution in [0, 0.1) is 0 Å². The molecule has 5 aromatic rings. The van der Waals surface area contributed by atoms with Gasteiger partial charge in [0.15, 0.2) is 11.5 Å². The van der Waals surface area contributed by atoms with Crippen LogP contribution in [0.25, 0.3) is 22.7 Å². The van der Waals surface area contributed by atoms with Gasteiger partial charge in [-0.05, 0) is 47.8 Å². The Morgan fingerprint density at radius 1 is 1.03 bits per heavy atom. The first-order chi connectivity index (χ1) is 14.3. The zero-order chi connectivity index (χ0) is 19.6. The van der Waals surface area contributed by atoms with Crippen LogP contribution >= 0.6 is 11.3 Å². The summed E-state index contributed by atoms with van der Waals surface area (Å²) in [5.74, 6) is 2.22. The van der Waals surface area contributed by atoms with Gasteiger partial charge >= 0.3 is 0 Å². The van der Waals surface area contributed by atoms with Crippen LogP contribution in [0.15, 0.2) is 59.4 Å². The number of aromatic nitrogens is 7. The highest BCUT2D eigenvalue weighted by molar-refractivity contribution is 7.08. The van der Waals surface area contributed by atoms with Crippen LogP contribution < -0.4 is 10.1 Å². The van der Waals surface area contributed by atoms with Gasteiger partial charge in [0.25, 0.3) is 0 Å². The van der Waals surface area contributed by atoms with Gasteiger partial charge in [-0.2, -0.15) is 15.9 Å². The van der Waals surface area contributed by atoms with E-state index in [9.17, 15) is 0 Å². The molecule has 0 atom stereocenters. The molecule has 10 heteroatoms. The molecule has 0 radical (unpaired) electrons. The average molecular weight is 404 g/mol. The van der Waals surface area contributed by atoms with Crippen LogP contribution in [0.5, 0.6) is 5.75 Å². The number of nitrogens with one attached hydrogen (secondary N) is 1. The molecule has 0 spiro atoms. The van der Waals surface area contributed by atoms with E-state index < -0.39 is 0 Å². The molecule has 0 unspecified atom stereocenters. The molecular formula is C19H16N8OS. The fourth-order valence-electron chi connectivity index (χ4n) is 2.88. The average Bonchev–Trinajstić information content (AvgIpc) is 3.52. The van der Waals surface area contributed by atoms with Crippen molar-refractivity contribution in [2.75, 3.05) is 12.4 Å². The lowest BCUT2D eigenvalue weighted by molar-refractivity contribution is 0.414. The van der Waals surface area contributed by atoms with Gasteiger partial charge in [0, 0.05) is 10.9 Å². The molecule has 0 aliphatic heterocycles. The molecule has 5 rings (SSSR count). The lowest BCUT2D eigenvalue weighted by Crippen LogP contribution is -2.05. The van der Waals surface area contributed by atoms with Gasteiger partial charge in [0.05, 0.1) is 25.5 Å². The topological polar surface area (TPSA) is 95.0 Å². The van der Waals surface area contributed by atoms with Crippen molar-refractivity contribution in [1.82, 2.24) is 34.8 Å². The summed E-state index contributed by atoms with van der Waals surface area (Å²) >= 11 is 1.61. The van der Waals surface area contributed by atoms with Crippen molar-refractivity contribution in [1.29, 1.82) is 0 Å². The number of methoxy groups -OCH3 is 1. The van der Waals surface area contributed by atoms with Gasteiger partial charge in [-0.3, -0.25) is 0 Å². The quantitative estimate of drug-likeness (QED) is 0.465. The first kappa shape index (κ1) is 17.3. The summed E-state index contributed by atoms with van der Waals surface area (Å²) in [4.78, 5) is 0. The van der Waals surface area contributed by atoms with Crippen LogP contribution in [0.4, 0.5) is 5.82 Å². The summed E-state index contributed by atoms with van der Waals surface area (Å²) in [6.07, 6.45) is 1.88. The van der Waals surface area contributed by atoms with E-state index in [0.29, 0.717) is 18.0 Å². The van der Waals surface area contributed by atoms with E-state index in [2.05, 4.69) is 30.9 Å². The van der Waals surface area contributed by atoms with Crippen molar-refractivity contribution in [3.05, 3.63) is 65.1 Å². The van der Waals surface area contributed by atoms with E-state index in [4.69, 9.17) is 4.74 Å². The Hall–Kier alpha value is -3.79. The third-order valence-electron chi connectivity index (χ3n) is 4.37. The lowest BCUT2D eigenvalue weighted by Gasteiger charge is -2.04. The van der Waals surface area contributed by atoms with Crippen molar-refractivity contribution in [2.24, 2.45) is 0 Å². The minimum absolute atomic E-state index is 0.491. The number of benzene rings is 1. The Morgan fingerprint density at radius 2 is 1.93 bits per heavy atom. The van der Waals surface area contributed by atoms with Crippen molar-refractivity contribution >= 4 is 22.8 Å². The maximum Gasteiger partial charge on any atom is 0.186 e. The first-order valence-electron chi connectivity index (χ1n) is 8.85. The summed E-state index contributed by atoms with van der Waals surface area (Å²) in [7, 11) is 1.64. The van der Waals surface area contributed by atoms with E-state index in [1.807, 2.05) is 59.4 Å². The normalized spacial score (nSPS) is 11.1. The second kappa shape index (κ2) is 7.32. The number of nitrogens with zero attached hydrogens (tertiary/aromatic N) is 7. The number of hydrogen-bond donors (Lipinski definition) is 1. The molecule has 0 saturated heterocycles. The molecule has 4 heterocycles. The summed E-state index contributed by atoms with van der Waals surface area (Å²) < 4.78 is 8.64. The molecule has 0 bridgehead atoms. The Balaban J connectivity index is 1.33. The molecule has 0 amide bonds. The number of thiophene rings is 1. The molecule has 0 aliphatic rings. The van der Waals surface area contributed by atoms with Crippen molar-refractivity contribution < 1.29 is 4.74 Å². The molecular weight excluding hydrogens is 388 g/mol. The molecule has 144 valence electrons. The Labute approximate surface area is 169 Å². The second-order valence-corrected chi connectivity index (χ2v) is 7.01. The van der Waals surface area contributed by atoms with Crippen molar-refractivity contribution in [2.45, 2.75) is 6.54 Å². The Kier molecular flexibility index (Phi) is 4.37. The summed E-state index contributed by atoms with van der Waals surface area (Å²) in [5, 5.41) is 28.7. The SMILES string of the molecule is COc1ccc(-n2cc(CNc3ccc4nnc(-c5ccsc5)n4n3)nn2)cc1. The first-order valence-corrected chi connectivity index (χ1v) is 9.79. The standard InChI is InChI=1S/C19H16N8OS/c1-28-16-4-2-15(3-5-16)26-11-14(21-25-26)10-20-17-6-7-18-22-23-19(27(18)24-17)13-8-9-29-12-13/h2-9,11-12H,10H2,1H3,(H,20,24). The number of rotatable bonds is 6. The molecule has 0 saturated carbocycles. The molecule has 9 nitrogen and oxygen atoms in total. The van der Waals surface area contributed by atoms with Crippen LogP contribution in [-0.2, 0) is 6.54 Å². The summed E-state index contributed by atoms with van der Waals surface area (Å²) in [6.45, 7) is 0.491. The van der Waals surface area contributed by atoms with E-state index in [1.165, 1.54) is 0 Å². The Bertz CT molecular complexity index is 1240. The molecule has 1 aromatic carbocycles. The smallest absolute Gasteiger partial charge is 0.186 e. The van der Waals surface area contributed by atoms with E-state index in [1.54, 1.807) is 27.6 Å². The van der Waals surface area contributed by atoms with Crippen LogP contribution in [0.1, 0.15) is 5.69 Å². The highest BCUT2D eigenvalue weighted by Gasteiger charge is 2.11. The minimum Gasteiger partial charge on any atom is -0.497 e. The van der Waals surface area contributed by atoms with Gasteiger partial charge < -0.3 is 10.1 Å². The van der Waals surface area contributed by atoms with Crippen LogP contribution in [0.3, 0.4) is 0 Å². The predicted octanol–water partition coefficient (Wildman–Crippen LogP) is 3.05. The summed E-state index contributed by atoms with van der Waals surface area (Å²) in [6, 6.07) is 13.4. The third-order valence-corrected chi connectivity index (χ3v) is 5.05. The molecule has 1 N–H and O–H groups in total. The van der Waals surface area contributed by atoms with E-state index in [0.717, 1.165) is 28.5 Å². The number of fused-ring (bicyclic) bond motifs is 1. The fourth-order valence-corrected chi connectivity index (χ4v) is 3.51. The molecule has 29 heavy (non-hydrogen) atoms. The Morgan fingerprint density at radius 3 is 2.72 bits per heavy atom. The van der Waals surface area contributed by atoms with E-state index >= 15 is 0 Å². The van der Waals surface area contributed by atoms with Gasteiger partial charge in [-0.1, -0.05) is 5.21 Å². The number of anilines is 1. The maximum absolute atomic E-state index is 5.18. The number of ether oxygens (including phenoxy) is 1. The van der Waals surface area contributed by atoms with Gasteiger partial charge in [0.2, 0.25) is 0 Å². The zero-order valence-corrected chi connectivity index (χ0v) is 16.2. The van der Waals surface area contributed by atoms with Crippen LogP contribution in [-0.4, -0.2) is 41.9 Å². The molecule has 4 aromatic heterocycles. The minimum atomic E-state index is 0.491. The highest BCUT2D eigenvalue weighted by Crippen LogP contribution is 2.21. The molecule has 0 aliphatic carbocycles. The summed E-state index contributed by atoms with van der Waals surface area (Å²) in [5.41, 5.74) is 3.40. The zero-order valence-electron chi connectivity index (χ0n) is 15.4. The fraction of sp³-hybridized carbons (Fsp3) is 0.105. The largest absolute Gasteiger partial charge is 0.497 e. The van der Waals surface area contributed by atoms with Crippen molar-refractivity contribution in [3.63, 3.8) is 0 Å². The predicted molar refractivity (Wildman–Crippen MR) is 109 cm³/mol. The lowest BCUT2D eigenvalue weighted by atomic mass is 10.3. The van der Waals surface area contributed by atoms with Crippen LogP contribution in [0.2, 0.25) is 0 Å². The third kappa shape index (κ3) is 3.41.